The van der Waals surface area contributed by atoms with E-state index in [9.17, 15) is 9.59 Å². The molecule has 30 heavy (non-hydrogen) atoms. The number of amides is 2. The minimum Gasteiger partial charge on any atom is -0.457 e. The van der Waals surface area contributed by atoms with E-state index in [4.69, 9.17) is 4.74 Å². The maximum atomic E-state index is 13.3. The van der Waals surface area contributed by atoms with E-state index >= 15 is 0 Å². The summed E-state index contributed by atoms with van der Waals surface area (Å²) in [6.45, 7) is 8.95. The van der Waals surface area contributed by atoms with Gasteiger partial charge < -0.3 is 15.0 Å². The number of benzene rings is 2. The summed E-state index contributed by atoms with van der Waals surface area (Å²) in [5.41, 5.74) is 0.571. The molecule has 0 spiro atoms. The fraction of sp³-hybridized carbons (Fsp3) is 0.440. The molecule has 5 nitrogen and oxygen atoms in total. The van der Waals surface area contributed by atoms with Crippen LogP contribution < -0.4 is 10.1 Å². The Hall–Kier alpha value is -2.82. The quantitative estimate of drug-likeness (QED) is 0.710. The highest BCUT2D eigenvalue weighted by atomic mass is 16.5. The van der Waals surface area contributed by atoms with Gasteiger partial charge in [0.25, 0.3) is 5.91 Å². The molecule has 2 amide bonds. The summed E-state index contributed by atoms with van der Waals surface area (Å²) in [5, 5.41) is 3.12. The van der Waals surface area contributed by atoms with Crippen molar-refractivity contribution in [2.24, 2.45) is 11.8 Å². The van der Waals surface area contributed by atoms with Crippen molar-refractivity contribution in [2.75, 3.05) is 6.54 Å². The minimum absolute atomic E-state index is 0.00875. The number of ether oxygens (including phenoxy) is 1. The van der Waals surface area contributed by atoms with Crippen molar-refractivity contribution in [1.29, 1.82) is 0 Å². The minimum atomic E-state index is -0.429. The molecular formula is C25H32N2O3. The molecule has 0 saturated carbocycles. The van der Waals surface area contributed by atoms with Crippen LogP contribution >= 0.6 is 0 Å². The summed E-state index contributed by atoms with van der Waals surface area (Å²) < 4.78 is 5.82. The Morgan fingerprint density at radius 1 is 0.967 bits per heavy atom. The third-order valence-corrected chi connectivity index (χ3v) is 5.23. The molecule has 1 aliphatic rings. The lowest BCUT2D eigenvalue weighted by Gasteiger charge is -2.40. The Balaban J connectivity index is 1.77. The summed E-state index contributed by atoms with van der Waals surface area (Å²) >= 11 is 0. The largest absolute Gasteiger partial charge is 0.457 e. The summed E-state index contributed by atoms with van der Waals surface area (Å²) in [6, 6.07) is 16.2. The summed E-state index contributed by atoms with van der Waals surface area (Å²) in [5.74, 6) is 2.04. The van der Waals surface area contributed by atoms with Crippen LogP contribution in [0.25, 0.3) is 0 Å². The fourth-order valence-corrected chi connectivity index (χ4v) is 3.91. The van der Waals surface area contributed by atoms with Crippen molar-refractivity contribution < 1.29 is 14.3 Å². The average molecular weight is 409 g/mol. The molecule has 1 fully saturated rings. The summed E-state index contributed by atoms with van der Waals surface area (Å²) in [6.07, 6.45) is 1.51. The lowest BCUT2D eigenvalue weighted by molar-refractivity contribution is -0.130. The van der Waals surface area contributed by atoms with Crippen LogP contribution in [-0.2, 0) is 4.79 Å². The summed E-state index contributed by atoms with van der Waals surface area (Å²) in [4.78, 5) is 27.9. The number of hydrogen-bond acceptors (Lipinski definition) is 3. The van der Waals surface area contributed by atoms with Crippen LogP contribution in [0.2, 0.25) is 0 Å². The van der Waals surface area contributed by atoms with E-state index in [0.29, 0.717) is 36.1 Å². The number of nitrogens with one attached hydrogen (secondary N) is 1. The van der Waals surface area contributed by atoms with E-state index in [1.165, 1.54) is 0 Å². The molecule has 1 aliphatic heterocycles. The average Bonchev–Trinajstić information content (AvgIpc) is 2.70. The van der Waals surface area contributed by atoms with Crippen LogP contribution in [0.15, 0.2) is 54.6 Å². The second kappa shape index (κ2) is 9.79. The van der Waals surface area contributed by atoms with E-state index in [1.54, 1.807) is 29.2 Å². The molecule has 2 atom stereocenters. The van der Waals surface area contributed by atoms with Crippen LogP contribution in [0.5, 0.6) is 11.5 Å². The molecule has 0 aliphatic carbocycles. The first kappa shape index (κ1) is 21.9. The Morgan fingerprint density at radius 3 is 2.17 bits per heavy atom. The molecule has 0 bridgehead atoms. The topological polar surface area (TPSA) is 58.6 Å². The molecule has 1 heterocycles. The Morgan fingerprint density at radius 2 is 1.57 bits per heavy atom. The second-order valence-electron chi connectivity index (χ2n) is 8.88. The van der Waals surface area contributed by atoms with Gasteiger partial charge in [-0.15, -0.1) is 0 Å². The van der Waals surface area contributed by atoms with Crippen LogP contribution in [-0.4, -0.2) is 35.3 Å². The molecular weight excluding hydrogens is 376 g/mol. The zero-order valence-electron chi connectivity index (χ0n) is 18.3. The van der Waals surface area contributed by atoms with Gasteiger partial charge in [-0.3, -0.25) is 9.59 Å². The van der Waals surface area contributed by atoms with E-state index in [-0.39, 0.29) is 17.9 Å². The molecule has 0 aromatic heterocycles. The molecule has 3 rings (SSSR count). The highest BCUT2D eigenvalue weighted by Gasteiger charge is 2.37. The predicted molar refractivity (Wildman–Crippen MR) is 119 cm³/mol. The third kappa shape index (κ3) is 5.62. The maximum absolute atomic E-state index is 13.3. The second-order valence-corrected chi connectivity index (χ2v) is 8.88. The van der Waals surface area contributed by atoms with Crippen LogP contribution in [0, 0.1) is 11.8 Å². The van der Waals surface area contributed by atoms with Gasteiger partial charge in [0.2, 0.25) is 5.91 Å². The number of carbonyl (C=O) groups is 2. The number of nitrogens with zero attached hydrogens (tertiary/aromatic N) is 1. The van der Waals surface area contributed by atoms with Crippen molar-refractivity contribution in [3.63, 3.8) is 0 Å². The Labute approximate surface area is 179 Å². The van der Waals surface area contributed by atoms with Crippen molar-refractivity contribution in [1.82, 2.24) is 10.2 Å². The monoisotopic (exact) mass is 408 g/mol. The van der Waals surface area contributed by atoms with E-state index in [2.05, 4.69) is 33.0 Å². The van der Waals surface area contributed by atoms with Crippen molar-refractivity contribution in [3.05, 3.63) is 60.2 Å². The van der Waals surface area contributed by atoms with Gasteiger partial charge in [0.1, 0.15) is 17.5 Å². The lowest BCUT2D eigenvalue weighted by atomic mass is 9.94. The first-order valence-corrected chi connectivity index (χ1v) is 10.8. The van der Waals surface area contributed by atoms with Gasteiger partial charge in [0, 0.05) is 18.2 Å². The molecule has 2 aromatic rings. The zero-order chi connectivity index (χ0) is 21.7. The van der Waals surface area contributed by atoms with Gasteiger partial charge in [-0.1, -0.05) is 45.9 Å². The van der Waals surface area contributed by atoms with Gasteiger partial charge in [-0.25, -0.2) is 0 Å². The van der Waals surface area contributed by atoms with Crippen LogP contribution in [0.1, 0.15) is 50.9 Å². The van der Waals surface area contributed by atoms with Crippen molar-refractivity contribution >= 4 is 11.8 Å². The maximum Gasteiger partial charge on any atom is 0.254 e. The van der Waals surface area contributed by atoms with Crippen LogP contribution in [0.4, 0.5) is 0 Å². The van der Waals surface area contributed by atoms with Crippen molar-refractivity contribution in [3.8, 4) is 11.5 Å². The molecule has 5 heteroatoms. The van der Waals surface area contributed by atoms with Gasteiger partial charge in [0.15, 0.2) is 0 Å². The molecule has 1 N–H and O–H groups in total. The highest BCUT2D eigenvalue weighted by molar-refractivity contribution is 5.98. The number of carbonyl (C=O) groups excluding carboxylic acids is 2. The predicted octanol–water partition coefficient (Wildman–Crippen LogP) is 4.88. The number of rotatable bonds is 7. The summed E-state index contributed by atoms with van der Waals surface area (Å²) in [7, 11) is 0. The highest BCUT2D eigenvalue weighted by Crippen LogP contribution is 2.24. The zero-order valence-corrected chi connectivity index (χ0v) is 18.3. The fourth-order valence-electron chi connectivity index (χ4n) is 3.91. The first-order valence-electron chi connectivity index (χ1n) is 10.8. The van der Waals surface area contributed by atoms with Gasteiger partial charge in [-0.2, -0.15) is 0 Å². The standard InChI is InChI=1S/C25H32N2O3/c1-17(2)14-20-16-27(23(15-18(3)4)24(28)26-20)25(29)19-10-12-22(13-11-19)30-21-8-6-5-7-9-21/h5-13,17-18,20,23H,14-16H2,1-4H3,(H,26,28). The van der Waals surface area contributed by atoms with E-state index in [1.807, 2.05) is 30.3 Å². The Kier molecular flexibility index (Phi) is 7.14. The van der Waals surface area contributed by atoms with Crippen molar-refractivity contribution in [2.45, 2.75) is 52.6 Å². The SMILES string of the molecule is CC(C)CC1CN(C(=O)c2ccc(Oc3ccccc3)cc2)C(CC(C)C)C(=O)N1. The number of para-hydroxylation sites is 1. The lowest BCUT2D eigenvalue weighted by Crippen LogP contribution is -2.62. The van der Waals surface area contributed by atoms with E-state index in [0.717, 1.165) is 12.2 Å². The smallest absolute Gasteiger partial charge is 0.254 e. The molecule has 1 saturated heterocycles. The van der Waals surface area contributed by atoms with E-state index < -0.39 is 6.04 Å². The molecule has 2 unspecified atom stereocenters. The molecule has 0 radical (unpaired) electrons. The van der Waals surface area contributed by atoms with Gasteiger partial charge in [0.05, 0.1) is 0 Å². The van der Waals surface area contributed by atoms with Crippen LogP contribution in [0.3, 0.4) is 0 Å². The van der Waals surface area contributed by atoms with Gasteiger partial charge in [-0.05, 0) is 61.1 Å². The normalized spacial score (nSPS) is 19.1. The third-order valence-electron chi connectivity index (χ3n) is 5.23. The Bertz CT molecular complexity index is 846. The molecule has 160 valence electrons. The number of hydrogen-bond donors (Lipinski definition) is 1. The number of piperazine rings is 1. The first-order chi connectivity index (χ1) is 14.3. The molecule has 2 aromatic carbocycles. The van der Waals surface area contributed by atoms with Gasteiger partial charge >= 0.3 is 0 Å².